The second-order valence-electron chi connectivity index (χ2n) is 25.5. The monoisotopic (exact) mass is 1370 g/mol. The lowest BCUT2D eigenvalue weighted by Crippen LogP contribution is -2.37. The lowest BCUT2D eigenvalue weighted by Gasteiger charge is -2.28. The van der Waals surface area contributed by atoms with Crippen LogP contribution in [0.15, 0.2) is 231 Å². The highest BCUT2D eigenvalue weighted by Crippen LogP contribution is 2.38. The van der Waals surface area contributed by atoms with Gasteiger partial charge in [-0.2, -0.15) is 0 Å². The Labute approximate surface area is 600 Å². The number of likely N-dealkylation sites (N-methyl/N-ethyl adjacent to an activating group) is 1. The average Bonchev–Trinajstić information content (AvgIpc) is 1.23. The van der Waals surface area contributed by atoms with E-state index < -0.39 is 32.5 Å². The summed E-state index contributed by atoms with van der Waals surface area (Å²) in [5, 5.41) is 0. The summed E-state index contributed by atoms with van der Waals surface area (Å²) in [6, 6.07) is 0. The van der Waals surface area contributed by atoms with E-state index in [0.29, 0.717) is 23.9 Å². The lowest BCUT2D eigenvalue weighted by atomic mass is 10.1. The molecule has 0 amide bonds. The van der Waals surface area contributed by atoms with E-state index in [1.54, 1.807) is 0 Å². The molecular weight excluding hydrogens is 1230 g/mol. The maximum absolute atomic E-state index is 12.9. The molecule has 0 aliphatic carbocycles. The molecule has 98 heavy (non-hydrogen) atoms. The van der Waals surface area contributed by atoms with Crippen molar-refractivity contribution in [3.8, 4) is 0 Å². The number of nitrogens with zero attached hydrogens (tertiary/aromatic N) is 1. The van der Waals surface area contributed by atoms with Gasteiger partial charge in [-0.15, -0.1) is 0 Å². The molecule has 0 fully saturated rings. The van der Waals surface area contributed by atoms with Gasteiger partial charge in [0.25, 0.3) is 7.82 Å². The summed E-state index contributed by atoms with van der Waals surface area (Å²) >= 11 is 0. The van der Waals surface area contributed by atoms with Crippen LogP contribution >= 0.6 is 7.82 Å². The number of ether oxygens (including phenoxy) is 2. The van der Waals surface area contributed by atoms with Crippen molar-refractivity contribution in [3.05, 3.63) is 231 Å². The Bertz CT molecular complexity index is 2510. The molecule has 0 saturated carbocycles. The van der Waals surface area contributed by atoms with Crippen molar-refractivity contribution < 1.29 is 42.1 Å². The van der Waals surface area contributed by atoms with Crippen molar-refractivity contribution in [3.63, 3.8) is 0 Å². The number of hydrogen-bond donors (Lipinski definition) is 0. The predicted octanol–water partition coefficient (Wildman–Crippen LogP) is 25.1. The number of hydrogen-bond acceptors (Lipinski definition) is 8. The minimum Gasteiger partial charge on any atom is -0.756 e. The van der Waals surface area contributed by atoms with Gasteiger partial charge in [-0.3, -0.25) is 14.2 Å². The summed E-state index contributed by atoms with van der Waals surface area (Å²) in [6.07, 6.45) is 121. The van der Waals surface area contributed by atoms with Gasteiger partial charge in [-0.25, -0.2) is 0 Å². The molecule has 0 bridgehead atoms. The summed E-state index contributed by atoms with van der Waals surface area (Å²) in [6.45, 7) is 3.96. The first-order valence-corrected chi connectivity index (χ1v) is 39.6. The Balaban J connectivity index is 4.17. The molecule has 0 radical (unpaired) electrons. The Kier molecular flexibility index (Phi) is 70.7. The smallest absolute Gasteiger partial charge is 0.306 e. The molecule has 0 rings (SSSR count). The van der Waals surface area contributed by atoms with Crippen LogP contribution in [0.2, 0.25) is 0 Å². The van der Waals surface area contributed by atoms with Crippen LogP contribution in [-0.2, 0) is 32.7 Å². The Morgan fingerprint density at radius 1 is 0.316 bits per heavy atom. The van der Waals surface area contributed by atoms with Crippen LogP contribution in [0.25, 0.3) is 0 Å². The number of phosphoric ester groups is 1. The van der Waals surface area contributed by atoms with Gasteiger partial charge in [0, 0.05) is 12.8 Å². The number of carbonyl (C=O) groups excluding carboxylic acids is 2. The SMILES string of the molecule is CC/C=C\C/C=C\C/C=C\C/C=C\C/C=C\C/C=C\C/C=C\C/C=C\C/C=C\C/C=C\C/C=C\CCCCCCCC(=O)OC(COC(=O)CCCCCCCCCCCC/C=C\C/C=C\C/C=C\C/C=C\C/C=C\C/C=C\C/C=C\C/C=C\CC)COP(=O)([O-])OCC[N+](C)(C)C. The fraction of sp³-hybridized carbons (Fsp3) is 0.545. The third-order valence-corrected chi connectivity index (χ3v) is 16.1. The van der Waals surface area contributed by atoms with Gasteiger partial charge < -0.3 is 27.9 Å². The van der Waals surface area contributed by atoms with Gasteiger partial charge in [0.15, 0.2) is 6.10 Å². The topological polar surface area (TPSA) is 111 Å². The van der Waals surface area contributed by atoms with Crippen LogP contribution in [0.4, 0.5) is 0 Å². The Morgan fingerprint density at radius 2 is 0.551 bits per heavy atom. The minimum absolute atomic E-state index is 0.0482. The standard InChI is InChI=1S/C88H138NO8P/c1-6-8-10-12-14-16-18-20-22-24-26-28-30-32-34-36-38-40-42-43-44-45-47-49-51-53-55-57-59-61-63-65-67-69-71-73-75-77-79-81-88(91)97-86(85-96-98(92,93)95-83-82-89(3,4)5)84-94-87(90)80-78-76-74-72-70-68-66-64-62-60-58-56-54-52-50-48-46-41-39-37-35-33-31-29-27-25-23-21-19-17-15-13-11-9-7-2/h8-11,14-17,20-23,26-29,32-35,38-41,43-44,47-50,53-56,59,61,65,67,86H,6-7,12-13,18-19,24-25,30-31,36-37,42,45-46,51-52,57-58,60,62-64,66,68-85H2,1-5H3/b10-8-,11-9-,16-14-,17-15-,22-20-,23-21-,28-26-,29-27-,34-32-,35-33-,40-38-,41-39-,44-43-,49-47-,50-48-,55-53-,56-54-,61-59-,67-65-. The van der Waals surface area contributed by atoms with E-state index in [4.69, 9.17) is 18.5 Å². The number of unbranched alkanes of at least 4 members (excludes halogenated alkanes) is 15. The van der Waals surface area contributed by atoms with Crippen LogP contribution < -0.4 is 4.89 Å². The molecule has 9 nitrogen and oxygen atoms in total. The lowest BCUT2D eigenvalue weighted by molar-refractivity contribution is -0.870. The molecule has 10 heteroatoms. The Hall–Kier alpha value is -5.93. The number of quaternary nitrogens is 1. The van der Waals surface area contributed by atoms with Gasteiger partial charge in [0.2, 0.25) is 0 Å². The van der Waals surface area contributed by atoms with E-state index in [0.717, 1.165) is 180 Å². The van der Waals surface area contributed by atoms with Gasteiger partial charge in [-0.1, -0.05) is 315 Å². The number of phosphoric acid groups is 1. The number of carbonyl (C=O) groups is 2. The highest BCUT2D eigenvalue weighted by molar-refractivity contribution is 7.45. The van der Waals surface area contributed by atoms with E-state index in [-0.39, 0.29) is 26.1 Å². The second kappa shape index (κ2) is 75.3. The molecule has 0 aromatic heterocycles. The first kappa shape index (κ1) is 92.1. The number of rotatable bonds is 67. The summed E-state index contributed by atoms with van der Waals surface area (Å²) < 4.78 is 34.3. The minimum atomic E-state index is -4.67. The van der Waals surface area contributed by atoms with Gasteiger partial charge >= 0.3 is 11.9 Å². The summed E-state index contributed by atoms with van der Waals surface area (Å²) in [4.78, 5) is 38.1. The third-order valence-electron chi connectivity index (χ3n) is 15.2. The van der Waals surface area contributed by atoms with Crippen molar-refractivity contribution in [2.45, 2.75) is 264 Å². The van der Waals surface area contributed by atoms with E-state index in [1.807, 2.05) is 21.1 Å². The number of allylic oxidation sites excluding steroid dienone is 38. The molecule has 2 unspecified atom stereocenters. The summed E-state index contributed by atoms with van der Waals surface area (Å²) in [5.41, 5.74) is 0. The zero-order valence-corrected chi connectivity index (χ0v) is 63.3. The summed E-state index contributed by atoms with van der Waals surface area (Å²) in [5.74, 6) is -0.877. The quantitative estimate of drug-likeness (QED) is 0.0195. The molecule has 548 valence electrons. The van der Waals surface area contributed by atoms with E-state index in [9.17, 15) is 19.0 Å². The molecule has 0 spiro atoms. The zero-order valence-electron chi connectivity index (χ0n) is 62.4. The highest BCUT2D eigenvalue weighted by Gasteiger charge is 2.22. The van der Waals surface area contributed by atoms with E-state index in [2.05, 4.69) is 245 Å². The fourth-order valence-corrected chi connectivity index (χ4v) is 10.2. The summed E-state index contributed by atoms with van der Waals surface area (Å²) in [7, 11) is 1.12. The maximum Gasteiger partial charge on any atom is 0.306 e. The van der Waals surface area contributed by atoms with Crippen LogP contribution in [0.3, 0.4) is 0 Å². The van der Waals surface area contributed by atoms with Crippen molar-refractivity contribution >= 4 is 19.8 Å². The predicted molar refractivity (Wildman–Crippen MR) is 424 cm³/mol. The fourth-order valence-electron chi connectivity index (χ4n) is 9.44. The normalized spacial score (nSPS) is 14.4. The van der Waals surface area contributed by atoms with Crippen LogP contribution in [0.5, 0.6) is 0 Å². The molecule has 2 atom stereocenters. The van der Waals surface area contributed by atoms with E-state index in [1.165, 1.54) is 38.5 Å². The van der Waals surface area contributed by atoms with Crippen LogP contribution in [-0.4, -0.2) is 70.0 Å². The molecule has 0 saturated heterocycles. The molecule has 0 aromatic carbocycles. The average molecular weight is 1370 g/mol. The van der Waals surface area contributed by atoms with Gasteiger partial charge in [0.1, 0.15) is 19.8 Å². The molecule has 0 aromatic rings. The van der Waals surface area contributed by atoms with E-state index >= 15 is 0 Å². The molecular formula is C88H138NO8P. The maximum atomic E-state index is 12.9. The first-order valence-electron chi connectivity index (χ1n) is 38.1. The van der Waals surface area contributed by atoms with Crippen molar-refractivity contribution in [1.29, 1.82) is 0 Å². The van der Waals surface area contributed by atoms with Crippen LogP contribution in [0.1, 0.15) is 258 Å². The van der Waals surface area contributed by atoms with Crippen molar-refractivity contribution in [2.24, 2.45) is 0 Å². The second-order valence-corrected chi connectivity index (χ2v) is 27.0. The third kappa shape index (κ3) is 79.1. The first-order chi connectivity index (χ1) is 48.0. The van der Waals surface area contributed by atoms with Crippen molar-refractivity contribution in [2.75, 3.05) is 47.5 Å². The number of esters is 2. The van der Waals surface area contributed by atoms with Crippen LogP contribution in [0, 0.1) is 0 Å². The molecule has 0 N–H and O–H groups in total. The van der Waals surface area contributed by atoms with Crippen molar-refractivity contribution in [1.82, 2.24) is 0 Å². The molecule has 0 aliphatic heterocycles. The molecule has 0 aliphatic rings. The van der Waals surface area contributed by atoms with Gasteiger partial charge in [0.05, 0.1) is 27.7 Å². The van der Waals surface area contributed by atoms with Gasteiger partial charge in [-0.05, 0) is 161 Å². The largest absolute Gasteiger partial charge is 0.756 e. The highest BCUT2D eigenvalue weighted by atomic mass is 31.2. The molecule has 0 heterocycles. The Morgan fingerprint density at radius 3 is 0.816 bits per heavy atom. The zero-order chi connectivity index (χ0) is 71.1.